The van der Waals surface area contributed by atoms with Crippen molar-refractivity contribution in [3.63, 3.8) is 0 Å². The van der Waals surface area contributed by atoms with Gasteiger partial charge < -0.3 is 19.7 Å². The molecule has 1 aromatic carbocycles. The maximum absolute atomic E-state index is 13.0. The van der Waals surface area contributed by atoms with Crippen LogP contribution in [-0.2, 0) is 4.74 Å². The number of urea groups is 1. The van der Waals surface area contributed by atoms with Crippen LogP contribution < -0.4 is 10.1 Å². The number of benzene rings is 1. The highest BCUT2D eigenvalue weighted by atomic mass is 16.5. The minimum absolute atomic E-state index is 0.0542. The van der Waals surface area contributed by atoms with E-state index in [4.69, 9.17) is 9.47 Å². The molecule has 1 aromatic heterocycles. The predicted molar refractivity (Wildman–Crippen MR) is 104 cm³/mol. The second-order valence-corrected chi connectivity index (χ2v) is 6.82. The number of carbonyl (C=O) groups excluding carboxylic acids is 1. The van der Waals surface area contributed by atoms with Gasteiger partial charge in [-0.05, 0) is 38.8 Å². The summed E-state index contributed by atoms with van der Waals surface area (Å²) in [4.78, 5) is 14.9. The summed E-state index contributed by atoms with van der Waals surface area (Å²) in [7, 11) is 1.67. The van der Waals surface area contributed by atoms with E-state index < -0.39 is 0 Å². The zero-order valence-corrected chi connectivity index (χ0v) is 16.2. The molecule has 0 saturated carbocycles. The number of hydrogen-bond acceptors (Lipinski definition) is 4. The molecule has 1 aliphatic rings. The van der Waals surface area contributed by atoms with Crippen LogP contribution in [0.15, 0.2) is 24.3 Å². The van der Waals surface area contributed by atoms with Gasteiger partial charge in [-0.25, -0.2) is 4.79 Å². The predicted octanol–water partition coefficient (Wildman–Crippen LogP) is 3.81. The van der Waals surface area contributed by atoms with E-state index in [1.807, 2.05) is 43.0 Å². The summed E-state index contributed by atoms with van der Waals surface area (Å²) in [6.07, 6.45) is 2.73. The molecule has 2 N–H and O–H groups in total. The maximum Gasteiger partial charge on any atom is 0.322 e. The van der Waals surface area contributed by atoms with Crippen LogP contribution in [0.2, 0.25) is 0 Å². The van der Waals surface area contributed by atoms with E-state index in [1.165, 1.54) is 0 Å². The molecule has 0 aliphatic carbocycles. The van der Waals surface area contributed by atoms with Crippen molar-refractivity contribution in [2.75, 3.05) is 32.2 Å². The third kappa shape index (κ3) is 4.42. The largest absolute Gasteiger partial charge is 0.491 e. The van der Waals surface area contributed by atoms with Crippen LogP contribution >= 0.6 is 0 Å². The Balaban J connectivity index is 1.70. The van der Waals surface area contributed by atoms with Crippen molar-refractivity contribution in [3.05, 3.63) is 41.2 Å². The molecule has 1 fully saturated rings. The van der Waals surface area contributed by atoms with Gasteiger partial charge in [-0.2, -0.15) is 5.10 Å². The van der Waals surface area contributed by atoms with Gasteiger partial charge in [0, 0.05) is 37.9 Å². The van der Waals surface area contributed by atoms with Gasteiger partial charge >= 0.3 is 6.03 Å². The first-order chi connectivity index (χ1) is 13.1. The number of H-pyrrole nitrogens is 1. The average molecular weight is 372 g/mol. The van der Waals surface area contributed by atoms with E-state index in [1.54, 1.807) is 7.11 Å². The Morgan fingerprint density at radius 3 is 2.89 bits per heavy atom. The van der Waals surface area contributed by atoms with E-state index in [0.29, 0.717) is 24.7 Å². The van der Waals surface area contributed by atoms with Crippen LogP contribution in [0, 0.1) is 13.8 Å². The van der Waals surface area contributed by atoms with Crippen molar-refractivity contribution >= 4 is 11.7 Å². The fourth-order valence-corrected chi connectivity index (χ4v) is 3.63. The number of likely N-dealkylation sites (tertiary alicyclic amines) is 1. The Hall–Kier alpha value is -2.54. The summed E-state index contributed by atoms with van der Waals surface area (Å²) in [5.41, 5.74) is 3.80. The molecule has 1 atom stereocenters. The molecule has 0 spiro atoms. The van der Waals surface area contributed by atoms with Gasteiger partial charge in [-0.1, -0.05) is 12.1 Å². The number of hydrogen-bond donors (Lipinski definition) is 2. The number of amides is 2. The second kappa shape index (κ2) is 8.90. The van der Waals surface area contributed by atoms with Crippen molar-refractivity contribution in [1.82, 2.24) is 15.1 Å². The Labute approximate surface area is 160 Å². The van der Waals surface area contributed by atoms with E-state index in [2.05, 4.69) is 15.5 Å². The molecule has 0 unspecified atom stereocenters. The van der Waals surface area contributed by atoms with E-state index >= 15 is 0 Å². The lowest BCUT2D eigenvalue weighted by Crippen LogP contribution is -2.35. The standard InChI is InChI=1S/C20H28N4O3/c1-14-19(15(2)23-22-14)17-9-6-11-24(17)20(25)21-16-8-4-5-10-18(16)27-13-7-12-26-3/h4-5,8,10,17H,6-7,9,11-13H2,1-3H3,(H,21,25)(H,22,23)/t17-/m0/s1. The molecular weight excluding hydrogens is 344 g/mol. The Kier molecular flexibility index (Phi) is 6.34. The van der Waals surface area contributed by atoms with Crippen molar-refractivity contribution in [2.45, 2.75) is 39.2 Å². The Morgan fingerprint density at radius 1 is 1.33 bits per heavy atom. The van der Waals surface area contributed by atoms with Gasteiger partial charge in [0.2, 0.25) is 0 Å². The fraction of sp³-hybridized carbons (Fsp3) is 0.500. The minimum Gasteiger partial charge on any atom is -0.491 e. The number of methoxy groups -OCH3 is 1. The molecule has 27 heavy (non-hydrogen) atoms. The highest BCUT2D eigenvalue weighted by Gasteiger charge is 2.33. The summed E-state index contributed by atoms with van der Waals surface area (Å²) < 4.78 is 10.9. The number of para-hydroxylation sites is 2. The normalized spacial score (nSPS) is 16.6. The number of aromatic nitrogens is 2. The van der Waals surface area contributed by atoms with Crippen LogP contribution in [0.5, 0.6) is 5.75 Å². The van der Waals surface area contributed by atoms with Crippen LogP contribution in [0.4, 0.5) is 10.5 Å². The molecule has 7 heteroatoms. The number of carbonyl (C=O) groups is 1. The SMILES string of the molecule is COCCCOc1ccccc1NC(=O)N1CCC[C@H]1c1c(C)n[nH]c1C. The molecule has 3 rings (SSSR count). The van der Waals surface area contributed by atoms with Crippen LogP contribution in [0.3, 0.4) is 0 Å². The van der Waals surface area contributed by atoms with E-state index in [0.717, 1.165) is 42.8 Å². The monoisotopic (exact) mass is 372 g/mol. The first kappa shape index (κ1) is 19.2. The molecule has 0 radical (unpaired) electrons. The number of aryl methyl sites for hydroxylation is 2. The smallest absolute Gasteiger partial charge is 0.322 e. The summed E-state index contributed by atoms with van der Waals surface area (Å²) in [6, 6.07) is 7.47. The molecule has 1 saturated heterocycles. The zero-order valence-electron chi connectivity index (χ0n) is 16.2. The lowest BCUT2D eigenvalue weighted by atomic mass is 10.0. The van der Waals surface area contributed by atoms with Gasteiger partial charge in [0.25, 0.3) is 0 Å². The van der Waals surface area contributed by atoms with E-state index in [9.17, 15) is 4.79 Å². The van der Waals surface area contributed by atoms with Crippen LogP contribution in [0.1, 0.15) is 42.3 Å². The lowest BCUT2D eigenvalue weighted by molar-refractivity contribution is 0.172. The quantitative estimate of drug-likeness (QED) is 0.724. The highest BCUT2D eigenvalue weighted by Crippen LogP contribution is 2.35. The average Bonchev–Trinajstić information content (AvgIpc) is 3.26. The third-order valence-corrected chi connectivity index (χ3v) is 4.91. The van der Waals surface area contributed by atoms with Gasteiger partial charge in [-0.3, -0.25) is 5.10 Å². The topological polar surface area (TPSA) is 79.5 Å². The summed E-state index contributed by atoms with van der Waals surface area (Å²) in [5, 5.41) is 10.3. The van der Waals surface area contributed by atoms with Gasteiger partial charge in [0.1, 0.15) is 5.75 Å². The van der Waals surface area contributed by atoms with Crippen LogP contribution in [0.25, 0.3) is 0 Å². The second-order valence-electron chi connectivity index (χ2n) is 6.82. The summed E-state index contributed by atoms with van der Waals surface area (Å²) in [5.74, 6) is 0.674. The highest BCUT2D eigenvalue weighted by molar-refractivity contribution is 5.91. The fourth-order valence-electron chi connectivity index (χ4n) is 3.63. The van der Waals surface area contributed by atoms with Gasteiger partial charge in [-0.15, -0.1) is 0 Å². The molecule has 7 nitrogen and oxygen atoms in total. The number of aromatic amines is 1. The lowest BCUT2D eigenvalue weighted by Gasteiger charge is -2.26. The Morgan fingerprint density at radius 2 is 2.15 bits per heavy atom. The number of nitrogens with zero attached hydrogens (tertiary/aromatic N) is 2. The number of ether oxygens (including phenoxy) is 2. The maximum atomic E-state index is 13.0. The van der Waals surface area contributed by atoms with Gasteiger partial charge in [0.15, 0.2) is 0 Å². The van der Waals surface area contributed by atoms with Crippen molar-refractivity contribution in [3.8, 4) is 5.75 Å². The summed E-state index contributed by atoms with van der Waals surface area (Å²) >= 11 is 0. The van der Waals surface area contributed by atoms with E-state index in [-0.39, 0.29) is 12.1 Å². The molecule has 146 valence electrons. The summed E-state index contributed by atoms with van der Waals surface area (Å²) in [6.45, 7) is 5.91. The number of anilines is 1. The molecule has 2 amide bonds. The molecule has 0 bridgehead atoms. The molecule has 2 aromatic rings. The van der Waals surface area contributed by atoms with Crippen molar-refractivity contribution in [2.24, 2.45) is 0 Å². The number of rotatable bonds is 7. The third-order valence-electron chi connectivity index (χ3n) is 4.91. The number of nitrogens with one attached hydrogen (secondary N) is 2. The van der Waals surface area contributed by atoms with Crippen molar-refractivity contribution < 1.29 is 14.3 Å². The Bertz CT molecular complexity index is 755. The molecule has 2 heterocycles. The molecular formula is C20H28N4O3. The minimum atomic E-state index is -0.106. The van der Waals surface area contributed by atoms with Crippen molar-refractivity contribution in [1.29, 1.82) is 0 Å². The van der Waals surface area contributed by atoms with Crippen LogP contribution in [-0.4, -0.2) is 48.0 Å². The molecule has 1 aliphatic heterocycles. The van der Waals surface area contributed by atoms with Gasteiger partial charge in [0.05, 0.1) is 24.0 Å². The zero-order chi connectivity index (χ0) is 19.2. The first-order valence-electron chi connectivity index (χ1n) is 9.41. The first-order valence-corrected chi connectivity index (χ1v) is 9.41.